The molecule has 13 heteroatoms. The van der Waals surface area contributed by atoms with E-state index in [2.05, 4.69) is 30.2 Å². The molecular formula is C26H24F3N7O3. The summed E-state index contributed by atoms with van der Waals surface area (Å²) in [5.74, 6) is 2.47. The molecule has 2 aliphatic rings. The van der Waals surface area contributed by atoms with E-state index in [0.29, 0.717) is 46.1 Å². The van der Waals surface area contributed by atoms with Crippen LogP contribution in [0.4, 0.5) is 19.0 Å². The zero-order chi connectivity index (χ0) is 27.1. The maximum atomic E-state index is 13.1. The van der Waals surface area contributed by atoms with E-state index in [-0.39, 0.29) is 19.0 Å². The molecular weight excluding hydrogens is 515 g/mol. The normalized spacial score (nSPS) is 17.2. The molecule has 6 rings (SSSR count). The molecule has 2 N–H and O–H groups in total. The van der Waals surface area contributed by atoms with Gasteiger partial charge in [-0.3, -0.25) is 0 Å². The van der Waals surface area contributed by atoms with Crippen molar-refractivity contribution in [2.24, 2.45) is 0 Å². The van der Waals surface area contributed by atoms with Crippen LogP contribution in [0, 0.1) is 0 Å². The second-order valence-electron chi connectivity index (χ2n) is 9.38. The van der Waals surface area contributed by atoms with Gasteiger partial charge in [0.05, 0.1) is 25.2 Å². The second-order valence-corrected chi connectivity index (χ2v) is 9.38. The van der Waals surface area contributed by atoms with Gasteiger partial charge in [0.2, 0.25) is 5.88 Å². The molecule has 1 aliphatic heterocycles. The molecule has 4 heterocycles. The Morgan fingerprint density at radius 2 is 1.92 bits per heavy atom. The second kappa shape index (κ2) is 9.71. The van der Waals surface area contributed by atoms with Crippen LogP contribution in [0.3, 0.4) is 0 Å². The fourth-order valence-corrected chi connectivity index (χ4v) is 4.33. The van der Waals surface area contributed by atoms with Crippen LogP contribution in [0.2, 0.25) is 0 Å². The molecule has 1 aromatic carbocycles. The van der Waals surface area contributed by atoms with Gasteiger partial charge in [0.1, 0.15) is 41.9 Å². The average Bonchev–Trinajstić information content (AvgIpc) is 3.64. The van der Waals surface area contributed by atoms with Crippen molar-refractivity contribution in [2.45, 2.75) is 44.5 Å². The number of fused-ring (bicyclic) bond motifs is 5. The first-order valence-electron chi connectivity index (χ1n) is 12.3. The number of aromatic amines is 1. The summed E-state index contributed by atoms with van der Waals surface area (Å²) in [5, 5.41) is 3.28. The minimum Gasteiger partial charge on any atom is -0.491 e. The summed E-state index contributed by atoms with van der Waals surface area (Å²) in [6.45, 7) is 2.27. The van der Waals surface area contributed by atoms with Crippen molar-refractivity contribution in [1.82, 2.24) is 29.9 Å². The molecule has 39 heavy (non-hydrogen) atoms. The van der Waals surface area contributed by atoms with Crippen LogP contribution < -0.4 is 19.5 Å². The van der Waals surface area contributed by atoms with Crippen LogP contribution in [0.25, 0.3) is 22.8 Å². The molecule has 10 nitrogen and oxygen atoms in total. The Kier molecular flexibility index (Phi) is 6.20. The van der Waals surface area contributed by atoms with Gasteiger partial charge in [0, 0.05) is 23.6 Å². The third-order valence-electron chi connectivity index (χ3n) is 6.46. The minimum absolute atomic E-state index is 0.0776. The predicted octanol–water partition coefficient (Wildman–Crippen LogP) is 5.00. The highest BCUT2D eigenvalue weighted by atomic mass is 19.4. The number of ether oxygens (including phenoxy) is 3. The van der Waals surface area contributed by atoms with Gasteiger partial charge in [-0.15, -0.1) is 0 Å². The maximum absolute atomic E-state index is 13.1. The maximum Gasteiger partial charge on any atom is 0.432 e. The van der Waals surface area contributed by atoms with Gasteiger partial charge in [-0.05, 0) is 25.8 Å². The molecule has 1 saturated carbocycles. The number of alkyl halides is 3. The zero-order valence-corrected chi connectivity index (χ0v) is 21.0. The van der Waals surface area contributed by atoms with Gasteiger partial charge in [-0.2, -0.15) is 13.2 Å². The largest absolute Gasteiger partial charge is 0.491 e. The number of rotatable bonds is 3. The van der Waals surface area contributed by atoms with Crippen molar-refractivity contribution in [3.8, 4) is 40.2 Å². The Hall–Kier alpha value is -4.42. The summed E-state index contributed by atoms with van der Waals surface area (Å²) in [4.78, 5) is 24.4. The van der Waals surface area contributed by atoms with E-state index < -0.39 is 18.0 Å². The zero-order valence-electron chi connectivity index (χ0n) is 21.0. The number of anilines is 1. The lowest BCUT2D eigenvalue weighted by atomic mass is 10.1. The summed E-state index contributed by atoms with van der Waals surface area (Å²) in [6.07, 6.45) is 0.888. The molecule has 1 atom stereocenters. The van der Waals surface area contributed by atoms with Gasteiger partial charge >= 0.3 is 6.18 Å². The molecule has 3 aromatic heterocycles. The highest BCUT2D eigenvalue weighted by Gasteiger charge is 2.34. The van der Waals surface area contributed by atoms with Crippen molar-refractivity contribution >= 4 is 5.82 Å². The highest BCUT2D eigenvalue weighted by Crippen LogP contribution is 2.45. The number of nitrogens with zero attached hydrogens (tertiary/aromatic N) is 5. The van der Waals surface area contributed by atoms with Crippen LogP contribution in [-0.2, 0) is 12.7 Å². The first kappa shape index (κ1) is 24.9. The molecule has 1 fully saturated rings. The number of methoxy groups -OCH3 is 1. The monoisotopic (exact) mass is 539 g/mol. The summed E-state index contributed by atoms with van der Waals surface area (Å²) in [5.41, 5.74) is 1.73. The first-order valence-corrected chi connectivity index (χ1v) is 12.3. The molecule has 1 aliphatic carbocycles. The van der Waals surface area contributed by atoms with Crippen LogP contribution >= 0.6 is 0 Å². The Balaban J connectivity index is 1.40. The topological polar surface area (TPSA) is 120 Å². The molecule has 2 bridgehead atoms. The molecule has 1 unspecified atom stereocenters. The number of aromatic nitrogens is 6. The Morgan fingerprint density at radius 3 is 2.67 bits per heavy atom. The van der Waals surface area contributed by atoms with Gasteiger partial charge in [-0.25, -0.2) is 24.9 Å². The average molecular weight is 540 g/mol. The summed E-state index contributed by atoms with van der Waals surface area (Å²) in [7, 11) is 1.52. The molecule has 4 aromatic rings. The smallest absolute Gasteiger partial charge is 0.432 e. The van der Waals surface area contributed by atoms with Crippen molar-refractivity contribution in [2.75, 3.05) is 19.0 Å². The number of hydrogen-bond donors (Lipinski definition) is 2. The quantitative estimate of drug-likeness (QED) is 0.371. The molecule has 0 spiro atoms. The Bertz CT molecular complexity index is 1520. The van der Waals surface area contributed by atoms with Gasteiger partial charge < -0.3 is 24.5 Å². The van der Waals surface area contributed by atoms with Crippen LogP contribution in [-0.4, -0.2) is 49.7 Å². The summed E-state index contributed by atoms with van der Waals surface area (Å²) < 4.78 is 57.1. The SMILES string of the molecule is COc1cnc2nc1NCc1ccc(-c3ncc(C(F)(F)F)[nH]3)cc1OC(C)COc1ncnc(C3CC3)c1-2. The fourth-order valence-electron chi connectivity index (χ4n) is 4.33. The van der Waals surface area contributed by atoms with E-state index in [1.54, 1.807) is 24.4 Å². The van der Waals surface area contributed by atoms with Crippen LogP contribution in [0.1, 0.15) is 42.6 Å². The number of imidazole rings is 1. The lowest BCUT2D eigenvalue weighted by Gasteiger charge is -2.19. The van der Waals surface area contributed by atoms with Crippen LogP contribution in [0.15, 0.2) is 36.9 Å². The number of H-pyrrole nitrogens is 1. The third-order valence-corrected chi connectivity index (χ3v) is 6.46. The number of halogens is 3. The highest BCUT2D eigenvalue weighted by molar-refractivity contribution is 5.68. The van der Waals surface area contributed by atoms with Crippen molar-refractivity contribution in [3.63, 3.8) is 0 Å². The molecule has 0 saturated heterocycles. The lowest BCUT2D eigenvalue weighted by molar-refractivity contribution is -0.140. The van der Waals surface area contributed by atoms with Gasteiger partial charge in [0.25, 0.3) is 0 Å². The molecule has 202 valence electrons. The number of hydrogen-bond acceptors (Lipinski definition) is 9. The predicted molar refractivity (Wildman–Crippen MR) is 134 cm³/mol. The van der Waals surface area contributed by atoms with E-state index in [0.717, 1.165) is 30.3 Å². The summed E-state index contributed by atoms with van der Waals surface area (Å²) in [6, 6.07) is 5.09. The van der Waals surface area contributed by atoms with Gasteiger partial charge in [-0.1, -0.05) is 12.1 Å². The van der Waals surface area contributed by atoms with Crippen molar-refractivity contribution in [3.05, 3.63) is 53.9 Å². The third kappa shape index (κ3) is 5.03. The minimum atomic E-state index is -4.53. The van der Waals surface area contributed by atoms with E-state index in [1.807, 2.05) is 6.92 Å². The molecule has 0 radical (unpaired) electrons. The van der Waals surface area contributed by atoms with E-state index in [4.69, 9.17) is 19.2 Å². The van der Waals surface area contributed by atoms with Crippen molar-refractivity contribution < 1.29 is 27.4 Å². The Morgan fingerprint density at radius 1 is 1.08 bits per heavy atom. The van der Waals surface area contributed by atoms with Gasteiger partial charge in [0.15, 0.2) is 17.4 Å². The Labute approximate surface area is 221 Å². The summed E-state index contributed by atoms with van der Waals surface area (Å²) >= 11 is 0. The molecule has 0 amide bonds. The van der Waals surface area contributed by atoms with E-state index >= 15 is 0 Å². The standard InChI is InChI=1S/C26H24F3N7O3/c1-13-11-38-25-20(21(14-3-4-14)33-12-34-25)24-31-9-18(37-2)23(36-24)30-8-16-6-5-15(7-17(16)39-13)22-32-10-19(35-22)26(27,28)29/h5-7,9-10,12-14H,3-4,8,11H2,1-2H3,(H,32,35)(H,30,31,36). The number of nitrogens with one attached hydrogen (secondary N) is 2. The van der Waals surface area contributed by atoms with Crippen molar-refractivity contribution in [1.29, 1.82) is 0 Å². The lowest BCUT2D eigenvalue weighted by Crippen LogP contribution is -2.22. The van der Waals surface area contributed by atoms with E-state index in [9.17, 15) is 13.2 Å². The fraction of sp³-hybridized carbons (Fsp3) is 0.346. The van der Waals surface area contributed by atoms with Crippen LogP contribution in [0.5, 0.6) is 17.4 Å². The number of benzene rings is 1. The van der Waals surface area contributed by atoms with E-state index in [1.165, 1.54) is 13.4 Å². The first-order chi connectivity index (χ1) is 18.8.